The topological polar surface area (TPSA) is 0 Å². The SMILES string of the molecule is CCCCC[C@H]1CC[C@H](c2ccc([C@H]3CC[C@H](C)CC3)cc2)CC1. The lowest BCUT2D eigenvalue weighted by Gasteiger charge is -2.30. The van der Waals surface area contributed by atoms with E-state index in [1.165, 1.54) is 77.0 Å². The summed E-state index contributed by atoms with van der Waals surface area (Å²) in [5, 5.41) is 0. The Kier molecular flexibility index (Phi) is 6.81. The van der Waals surface area contributed by atoms with Crippen LogP contribution >= 0.6 is 0 Å². The molecule has 2 aliphatic carbocycles. The molecule has 1 aromatic carbocycles. The second kappa shape index (κ2) is 9.07. The molecule has 134 valence electrons. The maximum Gasteiger partial charge on any atom is -0.0162 e. The Bertz CT molecular complexity index is 455. The first-order valence-corrected chi connectivity index (χ1v) is 10.9. The summed E-state index contributed by atoms with van der Waals surface area (Å²) < 4.78 is 0. The highest BCUT2D eigenvalue weighted by atomic mass is 14.3. The molecule has 1 aromatic rings. The summed E-state index contributed by atoms with van der Waals surface area (Å²) in [6, 6.07) is 9.86. The smallest absolute Gasteiger partial charge is 0.0162 e. The second-order valence-electron chi connectivity index (χ2n) is 8.84. The summed E-state index contributed by atoms with van der Waals surface area (Å²) in [5.41, 5.74) is 3.23. The molecule has 0 radical (unpaired) electrons. The van der Waals surface area contributed by atoms with Crippen molar-refractivity contribution >= 4 is 0 Å². The third-order valence-corrected chi connectivity index (χ3v) is 6.96. The van der Waals surface area contributed by atoms with Crippen LogP contribution in [0, 0.1) is 11.8 Å². The van der Waals surface area contributed by atoms with Gasteiger partial charge in [0.2, 0.25) is 0 Å². The molecule has 0 spiro atoms. The molecular formula is C24H38. The second-order valence-corrected chi connectivity index (χ2v) is 8.84. The fourth-order valence-corrected chi connectivity index (χ4v) is 5.10. The maximum atomic E-state index is 2.47. The molecule has 0 nitrogen and oxygen atoms in total. The molecule has 24 heavy (non-hydrogen) atoms. The Balaban J connectivity index is 1.48. The van der Waals surface area contributed by atoms with Crippen molar-refractivity contribution in [2.24, 2.45) is 11.8 Å². The van der Waals surface area contributed by atoms with Gasteiger partial charge in [-0.2, -0.15) is 0 Å². The van der Waals surface area contributed by atoms with Crippen LogP contribution in [0.5, 0.6) is 0 Å². The number of hydrogen-bond acceptors (Lipinski definition) is 0. The van der Waals surface area contributed by atoms with E-state index in [0.29, 0.717) is 0 Å². The van der Waals surface area contributed by atoms with Gasteiger partial charge in [-0.1, -0.05) is 76.6 Å². The van der Waals surface area contributed by atoms with Crippen molar-refractivity contribution in [1.29, 1.82) is 0 Å². The van der Waals surface area contributed by atoms with E-state index in [1.807, 2.05) is 0 Å². The number of hydrogen-bond donors (Lipinski definition) is 0. The molecule has 0 heteroatoms. The summed E-state index contributed by atoms with van der Waals surface area (Å²) in [6.45, 7) is 4.73. The van der Waals surface area contributed by atoms with E-state index in [2.05, 4.69) is 38.1 Å². The van der Waals surface area contributed by atoms with E-state index in [9.17, 15) is 0 Å². The van der Waals surface area contributed by atoms with Crippen molar-refractivity contribution in [3.8, 4) is 0 Å². The molecule has 3 rings (SSSR count). The van der Waals surface area contributed by atoms with Crippen molar-refractivity contribution in [3.05, 3.63) is 35.4 Å². The molecule has 2 saturated carbocycles. The first-order valence-electron chi connectivity index (χ1n) is 10.9. The fraction of sp³-hybridized carbons (Fsp3) is 0.750. The van der Waals surface area contributed by atoms with Crippen LogP contribution < -0.4 is 0 Å². The zero-order valence-corrected chi connectivity index (χ0v) is 16.1. The molecule has 2 aliphatic rings. The van der Waals surface area contributed by atoms with Crippen molar-refractivity contribution in [2.75, 3.05) is 0 Å². The Labute approximate surface area is 150 Å². The molecule has 0 unspecified atom stereocenters. The fourth-order valence-electron chi connectivity index (χ4n) is 5.10. The van der Waals surface area contributed by atoms with Crippen LogP contribution in [-0.4, -0.2) is 0 Å². The van der Waals surface area contributed by atoms with Crippen LogP contribution in [0.15, 0.2) is 24.3 Å². The van der Waals surface area contributed by atoms with Crippen LogP contribution in [0.4, 0.5) is 0 Å². The van der Waals surface area contributed by atoms with Crippen molar-refractivity contribution in [3.63, 3.8) is 0 Å². The third kappa shape index (κ3) is 4.87. The predicted molar refractivity (Wildman–Crippen MR) is 106 cm³/mol. The van der Waals surface area contributed by atoms with Gasteiger partial charge in [-0.05, 0) is 73.3 Å². The average Bonchev–Trinajstić information content (AvgIpc) is 2.63. The molecule has 0 heterocycles. The maximum absolute atomic E-state index is 2.47. The number of benzene rings is 1. The molecular weight excluding hydrogens is 288 g/mol. The van der Waals surface area contributed by atoms with E-state index in [1.54, 1.807) is 11.1 Å². The van der Waals surface area contributed by atoms with Crippen LogP contribution in [-0.2, 0) is 0 Å². The first-order chi connectivity index (χ1) is 11.8. The predicted octanol–water partition coefficient (Wildman–Crippen LogP) is 7.83. The molecule has 0 atom stereocenters. The van der Waals surface area contributed by atoms with Gasteiger partial charge in [0, 0.05) is 0 Å². The third-order valence-electron chi connectivity index (χ3n) is 6.96. The number of unbranched alkanes of at least 4 members (excludes halogenated alkanes) is 2. The standard InChI is InChI=1S/C24H38/c1-3-4-5-6-20-9-13-22(14-10-20)24-17-15-23(16-18-24)21-11-7-19(2)8-12-21/h15-22H,3-14H2,1-2H3/t19-,20-,21-,22-. The first kappa shape index (κ1) is 18.0. The van der Waals surface area contributed by atoms with Crippen molar-refractivity contribution < 1.29 is 0 Å². The van der Waals surface area contributed by atoms with Gasteiger partial charge in [-0.25, -0.2) is 0 Å². The van der Waals surface area contributed by atoms with Crippen molar-refractivity contribution in [1.82, 2.24) is 0 Å². The van der Waals surface area contributed by atoms with E-state index >= 15 is 0 Å². The van der Waals surface area contributed by atoms with Gasteiger partial charge in [-0.15, -0.1) is 0 Å². The summed E-state index contributed by atoms with van der Waals surface area (Å²) in [5.74, 6) is 3.65. The van der Waals surface area contributed by atoms with E-state index in [0.717, 1.165) is 23.7 Å². The van der Waals surface area contributed by atoms with Crippen LogP contribution in [0.1, 0.15) is 114 Å². The molecule has 0 aliphatic heterocycles. The highest BCUT2D eigenvalue weighted by molar-refractivity contribution is 5.28. The Morgan fingerprint density at radius 3 is 1.71 bits per heavy atom. The zero-order chi connectivity index (χ0) is 16.8. The molecule has 0 aromatic heterocycles. The van der Waals surface area contributed by atoms with Crippen molar-refractivity contribution in [2.45, 2.75) is 103 Å². The zero-order valence-electron chi connectivity index (χ0n) is 16.1. The molecule has 0 saturated heterocycles. The van der Waals surface area contributed by atoms with Gasteiger partial charge in [-0.3, -0.25) is 0 Å². The summed E-state index contributed by atoms with van der Waals surface area (Å²) in [7, 11) is 0. The van der Waals surface area contributed by atoms with Gasteiger partial charge in [0.15, 0.2) is 0 Å². The van der Waals surface area contributed by atoms with Gasteiger partial charge in [0.25, 0.3) is 0 Å². The highest BCUT2D eigenvalue weighted by Crippen LogP contribution is 2.39. The van der Waals surface area contributed by atoms with Gasteiger partial charge in [0.05, 0.1) is 0 Å². The summed E-state index contributed by atoms with van der Waals surface area (Å²) in [6.07, 6.45) is 17.2. The lowest BCUT2D eigenvalue weighted by Crippen LogP contribution is -2.14. The molecule has 0 amide bonds. The van der Waals surface area contributed by atoms with E-state index in [-0.39, 0.29) is 0 Å². The lowest BCUT2D eigenvalue weighted by atomic mass is 9.76. The van der Waals surface area contributed by atoms with Crippen LogP contribution in [0.25, 0.3) is 0 Å². The van der Waals surface area contributed by atoms with Crippen LogP contribution in [0.3, 0.4) is 0 Å². The number of rotatable bonds is 6. The minimum atomic E-state index is 0.838. The van der Waals surface area contributed by atoms with E-state index < -0.39 is 0 Å². The largest absolute Gasteiger partial charge is 0.0654 e. The van der Waals surface area contributed by atoms with Gasteiger partial charge < -0.3 is 0 Å². The minimum absolute atomic E-state index is 0.838. The quantitative estimate of drug-likeness (QED) is 0.467. The Hall–Kier alpha value is -0.780. The minimum Gasteiger partial charge on any atom is -0.0654 e. The molecule has 2 fully saturated rings. The summed E-state index contributed by atoms with van der Waals surface area (Å²) >= 11 is 0. The summed E-state index contributed by atoms with van der Waals surface area (Å²) in [4.78, 5) is 0. The van der Waals surface area contributed by atoms with Crippen LogP contribution in [0.2, 0.25) is 0 Å². The van der Waals surface area contributed by atoms with Gasteiger partial charge in [0.1, 0.15) is 0 Å². The molecule has 0 N–H and O–H groups in total. The monoisotopic (exact) mass is 326 g/mol. The van der Waals surface area contributed by atoms with E-state index in [4.69, 9.17) is 0 Å². The molecule has 0 bridgehead atoms. The lowest BCUT2D eigenvalue weighted by molar-refractivity contribution is 0.302. The van der Waals surface area contributed by atoms with Gasteiger partial charge >= 0.3 is 0 Å². The average molecular weight is 327 g/mol. The Morgan fingerprint density at radius 2 is 1.21 bits per heavy atom. The Morgan fingerprint density at radius 1 is 0.708 bits per heavy atom. The highest BCUT2D eigenvalue weighted by Gasteiger charge is 2.23. The normalized spacial score (nSPS) is 31.1.